The Balaban J connectivity index is 1.91. The number of hydrogen-bond acceptors (Lipinski definition) is 3. The third-order valence-corrected chi connectivity index (χ3v) is 4.54. The summed E-state index contributed by atoms with van der Waals surface area (Å²) in [6.45, 7) is 0. The predicted molar refractivity (Wildman–Crippen MR) is 73.0 cm³/mol. The highest BCUT2D eigenvalue weighted by Gasteiger charge is 2.33. The zero-order valence-corrected chi connectivity index (χ0v) is 11.4. The van der Waals surface area contributed by atoms with E-state index in [2.05, 4.69) is 5.32 Å². The highest BCUT2D eigenvalue weighted by Crippen LogP contribution is 2.27. The van der Waals surface area contributed by atoms with Gasteiger partial charge in [-0.05, 0) is 32.1 Å². The second-order valence-corrected chi connectivity index (χ2v) is 6.03. The van der Waals surface area contributed by atoms with Gasteiger partial charge >= 0.3 is 0 Å². The zero-order valence-electron chi connectivity index (χ0n) is 11.4. The minimum absolute atomic E-state index is 0.0132. The van der Waals surface area contributed by atoms with Crippen LogP contribution in [0.15, 0.2) is 0 Å². The number of amides is 2. The van der Waals surface area contributed by atoms with Gasteiger partial charge in [-0.2, -0.15) is 0 Å². The van der Waals surface area contributed by atoms with Gasteiger partial charge < -0.3 is 16.8 Å². The molecule has 2 aliphatic carbocycles. The Hall–Kier alpha value is -1.10. The first kappa shape index (κ1) is 14.3. The molecule has 0 bridgehead atoms. The van der Waals surface area contributed by atoms with Gasteiger partial charge in [-0.25, -0.2) is 0 Å². The second kappa shape index (κ2) is 6.37. The second-order valence-electron chi connectivity index (χ2n) is 6.03. The third kappa shape index (κ3) is 3.69. The van der Waals surface area contributed by atoms with Gasteiger partial charge in [-0.1, -0.05) is 19.3 Å². The maximum atomic E-state index is 12.3. The summed E-state index contributed by atoms with van der Waals surface area (Å²) in [6, 6.07) is 0.0692. The lowest BCUT2D eigenvalue weighted by molar-refractivity contribution is -0.129. The van der Waals surface area contributed by atoms with Crippen LogP contribution in [0.5, 0.6) is 0 Å². The van der Waals surface area contributed by atoms with Crippen LogP contribution in [0.4, 0.5) is 0 Å². The molecule has 0 spiro atoms. The van der Waals surface area contributed by atoms with E-state index < -0.39 is 0 Å². The van der Waals surface area contributed by atoms with Gasteiger partial charge in [0.2, 0.25) is 11.8 Å². The Morgan fingerprint density at radius 3 is 2.42 bits per heavy atom. The molecule has 0 saturated heterocycles. The highest BCUT2D eigenvalue weighted by molar-refractivity contribution is 5.82. The largest absolute Gasteiger partial charge is 0.369 e. The van der Waals surface area contributed by atoms with Crippen molar-refractivity contribution in [3.05, 3.63) is 0 Å². The zero-order chi connectivity index (χ0) is 13.8. The van der Waals surface area contributed by atoms with Crippen LogP contribution in [-0.4, -0.2) is 23.9 Å². The van der Waals surface area contributed by atoms with Crippen molar-refractivity contribution in [1.82, 2.24) is 5.32 Å². The van der Waals surface area contributed by atoms with Crippen molar-refractivity contribution in [3.63, 3.8) is 0 Å². The molecule has 4 atom stereocenters. The van der Waals surface area contributed by atoms with E-state index in [0.717, 1.165) is 51.4 Å². The molecule has 2 saturated carbocycles. The summed E-state index contributed by atoms with van der Waals surface area (Å²) >= 11 is 0. The first-order valence-electron chi connectivity index (χ1n) is 7.43. The van der Waals surface area contributed by atoms with E-state index in [1.165, 1.54) is 0 Å². The number of carbonyl (C=O) groups excluding carboxylic acids is 2. The highest BCUT2D eigenvalue weighted by atomic mass is 16.2. The quantitative estimate of drug-likeness (QED) is 0.700. The van der Waals surface area contributed by atoms with Gasteiger partial charge in [0.1, 0.15) is 0 Å². The Labute approximate surface area is 114 Å². The van der Waals surface area contributed by atoms with Crippen LogP contribution in [-0.2, 0) is 9.59 Å². The molecular weight excluding hydrogens is 242 g/mol. The Morgan fingerprint density at radius 1 is 1.00 bits per heavy atom. The lowest BCUT2D eigenvalue weighted by atomic mass is 9.82. The molecule has 5 heteroatoms. The van der Waals surface area contributed by atoms with Crippen molar-refractivity contribution < 1.29 is 9.59 Å². The van der Waals surface area contributed by atoms with Gasteiger partial charge in [0, 0.05) is 18.0 Å². The third-order valence-electron chi connectivity index (χ3n) is 4.54. The average Bonchev–Trinajstić information content (AvgIpc) is 2.39. The topological polar surface area (TPSA) is 98.2 Å². The standard InChI is InChI=1S/C14H25N3O2/c15-10-5-3-4-9(8-10)14(19)17-12-7-2-1-6-11(12)13(16)18/h9-12H,1-8,15H2,(H2,16,18)(H,17,19). The van der Waals surface area contributed by atoms with E-state index in [1.807, 2.05) is 0 Å². The van der Waals surface area contributed by atoms with Crippen LogP contribution in [0.2, 0.25) is 0 Å². The normalized spacial score (nSPS) is 35.6. The van der Waals surface area contributed by atoms with Crippen LogP contribution in [0.3, 0.4) is 0 Å². The maximum Gasteiger partial charge on any atom is 0.223 e. The van der Waals surface area contributed by atoms with Gasteiger partial charge in [0.05, 0.1) is 5.92 Å². The molecule has 2 amide bonds. The van der Waals surface area contributed by atoms with E-state index in [0.29, 0.717) is 0 Å². The molecule has 0 aromatic rings. The van der Waals surface area contributed by atoms with E-state index in [4.69, 9.17) is 11.5 Å². The van der Waals surface area contributed by atoms with Gasteiger partial charge in [-0.3, -0.25) is 9.59 Å². The monoisotopic (exact) mass is 267 g/mol. The molecule has 0 heterocycles. The molecule has 0 aromatic carbocycles. The SMILES string of the molecule is NC(=O)C1CCCCC1NC(=O)C1CCCC(N)C1. The molecule has 2 aliphatic rings. The van der Waals surface area contributed by atoms with Crippen molar-refractivity contribution in [1.29, 1.82) is 0 Å². The molecule has 2 fully saturated rings. The van der Waals surface area contributed by atoms with Crippen LogP contribution in [0, 0.1) is 11.8 Å². The molecule has 4 unspecified atom stereocenters. The molecular formula is C14H25N3O2. The number of rotatable bonds is 3. The minimum atomic E-state index is -0.287. The molecule has 2 rings (SSSR count). The molecule has 108 valence electrons. The van der Waals surface area contributed by atoms with Crippen molar-refractivity contribution in [3.8, 4) is 0 Å². The van der Waals surface area contributed by atoms with E-state index in [9.17, 15) is 9.59 Å². The van der Waals surface area contributed by atoms with E-state index in [1.54, 1.807) is 0 Å². The number of nitrogens with one attached hydrogen (secondary N) is 1. The summed E-state index contributed by atoms with van der Waals surface area (Å²) < 4.78 is 0. The number of hydrogen-bond donors (Lipinski definition) is 3. The van der Waals surface area contributed by atoms with Gasteiger partial charge in [-0.15, -0.1) is 0 Å². The van der Waals surface area contributed by atoms with Gasteiger partial charge in [0.25, 0.3) is 0 Å². The summed E-state index contributed by atoms with van der Waals surface area (Å²) in [4.78, 5) is 23.7. The molecule has 5 nitrogen and oxygen atoms in total. The summed E-state index contributed by atoms with van der Waals surface area (Å²) in [5.74, 6) is -0.409. The first-order chi connectivity index (χ1) is 9.08. The first-order valence-corrected chi connectivity index (χ1v) is 7.43. The predicted octanol–water partition coefficient (Wildman–Crippen LogP) is 0.664. The lowest BCUT2D eigenvalue weighted by Gasteiger charge is -2.33. The lowest BCUT2D eigenvalue weighted by Crippen LogP contribution is -2.49. The number of primary amides is 1. The molecule has 0 radical (unpaired) electrons. The molecule has 0 aromatic heterocycles. The summed E-state index contributed by atoms with van der Waals surface area (Å²) in [5.41, 5.74) is 11.3. The Kier molecular flexibility index (Phi) is 4.80. The van der Waals surface area contributed by atoms with Crippen LogP contribution in [0.1, 0.15) is 51.4 Å². The fourth-order valence-electron chi connectivity index (χ4n) is 3.41. The Bertz CT molecular complexity index is 346. The summed E-state index contributed by atoms with van der Waals surface area (Å²) in [5, 5.41) is 3.05. The van der Waals surface area contributed by atoms with Crippen LogP contribution < -0.4 is 16.8 Å². The summed E-state index contributed by atoms with van der Waals surface area (Å²) in [6.07, 6.45) is 7.43. The minimum Gasteiger partial charge on any atom is -0.369 e. The summed E-state index contributed by atoms with van der Waals surface area (Å²) in [7, 11) is 0. The van der Waals surface area contributed by atoms with Crippen LogP contribution >= 0.6 is 0 Å². The number of carbonyl (C=O) groups is 2. The number of nitrogens with two attached hydrogens (primary N) is 2. The van der Waals surface area contributed by atoms with Crippen LogP contribution in [0.25, 0.3) is 0 Å². The Morgan fingerprint density at radius 2 is 1.74 bits per heavy atom. The fourth-order valence-corrected chi connectivity index (χ4v) is 3.41. The van der Waals surface area contributed by atoms with Crippen molar-refractivity contribution in [2.75, 3.05) is 0 Å². The molecule has 0 aliphatic heterocycles. The molecule has 19 heavy (non-hydrogen) atoms. The molecule has 5 N–H and O–H groups in total. The van der Waals surface area contributed by atoms with Gasteiger partial charge in [0.15, 0.2) is 0 Å². The van der Waals surface area contributed by atoms with Crippen molar-refractivity contribution >= 4 is 11.8 Å². The smallest absolute Gasteiger partial charge is 0.223 e. The van der Waals surface area contributed by atoms with Crippen molar-refractivity contribution in [2.24, 2.45) is 23.3 Å². The average molecular weight is 267 g/mol. The maximum absolute atomic E-state index is 12.3. The fraction of sp³-hybridized carbons (Fsp3) is 0.857. The van der Waals surface area contributed by atoms with Crippen molar-refractivity contribution in [2.45, 2.75) is 63.5 Å². The van der Waals surface area contributed by atoms with E-state index >= 15 is 0 Å². The van der Waals surface area contributed by atoms with E-state index in [-0.39, 0.29) is 35.7 Å².